The van der Waals surface area contributed by atoms with E-state index in [0.717, 1.165) is 22.8 Å². The number of piperazine rings is 1. The Morgan fingerprint density at radius 3 is 2.60 bits per heavy atom. The highest BCUT2D eigenvalue weighted by Gasteiger charge is 2.23. The first-order valence-corrected chi connectivity index (χ1v) is 7.96. The lowest BCUT2D eigenvalue weighted by molar-refractivity contribution is 0.0746. The quantitative estimate of drug-likeness (QED) is 0.778. The number of aromatic nitrogens is 2. The maximum atomic E-state index is 12.3. The van der Waals surface area contributed by atoms with E-state index in [9.17, 15) is 4.79 Å². The average molecular weight is 353 g/mol. The summed E-state index contributed by atoms with van der Waals surface area (Å²) in [7, 11) is 0. The van der Waals surface area contributed by atoms with Gasteiger partial charge >= 0.3 is 0 Å². The highest BCUT2D eigenvalue weighted by molar-refractivity contribution is 9.10. The van der Waals surface area contributed by atoms with Gasteiger partial charge in [-0.15, -0.1) is 11.3 Å². The van der Waals surface area contributed by atoms with E-state index in [1.54, 1.807) is 29.7 Å². The maximum Gasteiger partial charge on any atom is 0.255 e. The molecular formula is C13H13BrN4OS. The second-order valence-corrected chi connectivity index (χ2v) is 6.15. The minimum Gasteiger partial charge on any atom is -0.345 e. The van der Waals surface area contributed by atoms with Crippen molar-refractivity contribution in [3.63, 3.8) is 0 Å². The molecule has 0 radical (unpaired) electrons. The molecule has 0 unspecified atom stereocenters. The smallest absolute Gasteiger partial charge is 0.255 e. The zero-order chi connectivity index (χ0) is 13.9. The third kappa shape index (κ3) is 2.83. The molecule has 1 fully saturated rings. The predicted octanol–water partition coefficient (Wildman–Crippen LogP) is 2.26. The molecule has 20 heavy (non-hydrogen) atoms. The van der Waals surface area contributed by atoms with Crippen molar-refractivity contribution in [3.8, 4) is 0 Å². The molecule has 1 aliphatic heterocycles. The molecule has 104 valence electrons. The fourth-order valence-electron chi connectivity index (χ4n) is 2.16. The molecule has 0 spiro atoms. The van der Waals surface area contributed by atoms with Gasteiger partial charge in [0.15, 0.2) is 5.13 Å². The molecule has 0 N–H and O–H groups in total. The summed E-state index contributed by atoms with van der Waals surface area (Å²) in [6.07, 6.45) is 3.42. The molecular weight excluding hydrogens is 340 g/mol. The van der Waals surface area contributed by atoms with E-state index < -0.39 is 0 Å². The second-order valence-electron chi connectivity index (χ2n) is 4.46. The Morgan fingerprint density at radius 1 is 1.20 bits per heavy atom. The van der Waals surface area contributed by atoms with Crippen LogP contribution in [0, 0.1) is 0 Å². The summed E-state index contributed by atoms with van der Waals surface area (Å²) in [5, 5.41) is 3.00. The Morgan fingerprint density at radius 2 is 2.00 bits per heavy atom. The Bertz CT molecular complexity index is 579. The number of carbonyl (C=O) groups excluding carboxylic acids is 1. The summed E-state index contributed by atoms with van der Waals surface area (Å²) < 4.78 is 0.739. The maximum absolute atomic E-state index is 12.3. The summed E-state index contributed by atoms with van der Waals surface area (Å²) in [5.74, 6) is 0.0452. The number of pyridine rings is 1. The first-order valence-electron chi connectivity index (χ1n) is 6.29. The summed E-state index contributed by atoms with van der Waals surface area (Å²) in [4.78, 5) is 24.8. The monoisotopic (exact) mass is 352 g/mol. The largest absolute Gasteiger partial charge is 0.345 e. The number of nitrogens with zero attached hydrogens (tertiary/aromatic N) is 4. The van der Waals surface area contributed by atoms with Gasteiger partial charge in [-0.1, -0.05) is 0 Å². The van der Waals surface area contributed by atoms with E-state index in [0.29, 0.717) is 18.7 Å². The Kier molecular flexibility index (Phi) is 3.98. The van der Waals surface area contributed by atoms with E-state index >= 15 is 0 Å². The lowest BCUT2D eigenvalue weighted by Crippen LogP contribution is -2.48. The molecule has 3 heterocycles. The molecule has 1 amide bonds. The molecule has 0 saturated carbocycles. The molecule has 2 aromatic rings. The summed E-state index contributed by atoms with van der Waals surface area (Å²) in [6, 6.07) is 3.59. The molecule has 0 aromatic carbocycles. The van der Waals surface area contributed by atoms with Crippen LogP contribution in [-0.2, 0) is 0 Å². The van der Waals surface area contributed by atoms with Crippen LogP contribution in [0.25, 0.3) is 0 Å². The summed E-state index contributed by atoms with van der Waals surface area (Å²) in [6.45, 7) is 3.08. The van der Waals surface area contributed by atoms with E-state index in [1.807, 2.05) is 16.5 Å². The first-order chi connectivity index (χ1) is 9.74. The van der Waals surface area contributed by atoms with Gasteiger partial charge in [-0.3, -0.25) is 4.79 Å². The van der Waals surface area contributed by atoms with Crippen LogP contribution in [0.4, 0.5) is 5.13 Å². The first kappa shape index (κ1) is 13.5. The van der Waals surface area contributed by atoms with Crippen LogP contribution >= 0.6 is 27.3 Å². The third-order valence-corrected chi connectivity index (χ3v) is 4.53. The topological polar surface area (TPSA) is 49.3 Å². The van der Waals surface area contributed by atoms with Crippen LogP contribution < -0.4 is 4.90 Å². The number of thiazole rings is 1. The molecule has 0 bridgehead atoms. The summed E-state index contributed by atoms with van der Waals surface area (Å²) in [5.41, 5.74) is 0.635. The molecule has 3 rings (SSSR count). The van der Waals surface area contributed by atoms with Crippen molar-refractivity contribution < 1.29 is 4.79 Å². The Balaban J connectivity index is 1.63. The SMILES string of the molecule is O=C(c1ccc(Br)nc1)N1CCN(c2nccs2)CC1. The van der Waals surface area contributed by atoms with Gasteiger partial charge in [0.1, 0.15) is 4.60 Å². The van der Waals surface area contributed by atoms with Crippen molar-refractivity contribution >= 4 is 38.3 Å². The zero-order valence-electron chi connectivity index (χ0n) is 10.7. The van der Waals surface area contributed by atoms with Crippen molar-refractivity contribution in [2.75, 3.05) is 31.1 Å². The van der Waals surface area contributed by atoms with Crippen molar-refractivity contribution in [1.29, 1.82) is 0 Å². The van der Waals surface area contributed by atoms with Gasteiger partial charge in [0.2, 0.25) is 0 Å². The standard InChI is InChI=1S/C13H13BrN4OS/c14-11-2-1-10(9-16-11)12(19)17-4-6-18(7-5-17)13-15-3-8-20-13/h1-3,8-9H,4-7H2. The van der Waals surface area contributed by atoms with Gasteiger partial charge in [0.05, 0.1) is 5.56 Å². The lowest BCUT2D eigenvalue weighted by atomic mass is 10.2. The van der Waals surface area contributed by atoms with Gasteiger partial charge in [0, 0.05) is 44.0 Å². The van der Waals surface area contributed by atoms with E-state index in [-0.39, 0.29) is 5.91 Å². The van der Waals surface area contributed by atoms with Crippen molar-refractivity contribution in [2.24, 2.45) is 0 Å². The van der Waals surface area contributed by atoms with E-state index in [4.69, 9.17) is 0 Å². The predicted molar refractivity (Wildman–Crippen MR) is 82.2 cm³/mol. The van der Waals surface area contributed by atoms with Crippen molar-refractivity contribution in [3.05, 3.63) is 40.1 Å². The molecule has 7 heteroatoms. The third-order valence-electron chi connectivity index (χ3n) is 3.23. The zero-order valence-corrected chi connectivity index (χ0v) is 13.1. The van der Waals surface area contributed by atoms with Crippen LogP contribution in [-0.4, -0.2) is 47.0 Å². The molecule has 0 aliphatic carbocycles. The number of rotatable bonds is 2. The molecule has 1 saturated heterocycles. The minimum absolute atomic E-state index is 0.0452. The number of carbonyl (C=O) groups is 1. The second kappa shape index (κ2) is 5.88. The average Bonchev–Trinajstić information content (AvgIpc) is 3.02. The van der Waals surface area contributed by atoms with E-state index in [1.165, 1.54) is 0 Å². The normalized spacial score (nSPS) is 15.4. The Labute approximate surface area is 129 Å². The Hall–Kier alpha value is -1.47. The molecule has 2 aromatic heterocycles. The number of amides is 1. The number of halogens is 1. The number of anilines is 1. The van der Waals surface area contributed by atoms with Gasteiger partial charge < -0.3 is 9.80 Å². The van der Waals surface area contributed by atoms with E-state index in [2.05, 4.69) is 30.8 Å². The molecule has 0 atom stereocenters. The minimum atomic E-state index is 0.0452. The van der Waals surface area contributed by atoms with Crippen LogP contribution in [0.15, 0.2) is 34.5 Å². The highest BCUT2D eigenvalue weighted by atomic mass is 79.9. The van der Waals surface area contributed by atoms with Gasteiger partial charge in [0.25, 0.3) is 5.91 Å². The summed E-state index contributed by atoms with van der Waals surface area (Å²) >= 11 is 4.91. The van der Waals surface area contributed by atoms with Crippen LogP contribution in [0.3, 0.4) is 0 Å². The van der Waals surface area contributed by atoms with Crippen LogP contribution in [0.1, 0.15) is 10.4 Å². The van der Waals surface area contributed by atoms with Gasteiger partial charge in [-0.05, 0) is 28.1 Å². The van der Waals surface area contributed by atoms with Crippen molar-refractivity contribution in [2.45, 2.75) is 0 Å². The molecule has 1 aliphatic rings. The fraction of sp³-hybridized carbons (Fsp3) is 0.308. The fourth-order valence-corrected chi connectivity index (χ4v) is 3.09. The number of hydrogen-bond donors (Lipinski definition) is 0. The highest BCUT2D eigenvalue weighted by Crippen LogP contribution is 2.19. The van der Waals surface area contributed by atoms with Gasteiger partial charge in [-0.2, -0.15) is 0 Å². The van der Waals surface area contributed by atoms with Crippen LogP contribution in [0.2, 0.25) is 0 Å². The molecule has 5 nitrogen and oxygen atoms in total. The van der Waals surface area contributed by atoms with Crippen LogP contribution in [0.5, 0.6) is 0 Å². The number of hydrogen-bond acceptors (Lipinski definition) is 5. The lowest BCUT2D eigenvalue weighted by Gasteiger charge is -2.34. The van der Waals surface area contributed by atoms with Gasteiger partial charge in [-0.25, -0.2) is 9.97 Å². The van der Waals surface area contributed by atoms with Crippen molar-refractivity contribution in [1.82, 2.24) is 14.9 Å².